The Labute approximate surface area is 178 Å². The molecule has 0 aliphatic carbocycles. The van der Waals surface area contributed by atoms with Gasteiger partial charge in [0.2, 0.25) is 17.6 Å². The molecular weight excluding hydrogens is 386 g/mol. The zero-order valence-corrected chi connectivity index (χ0v) is 18.7. The number of benzene rings is 1. The third-order valence-corrected chi connectivity index (χ3v) is 5.09. The summed E-state index contributed by atoms with van der Waals surface area (Å²) in [6, 6.07) is 3.48. The van der Waals surface area contributed by atoms with Crippen molar-refractivity contribution in [3.8, 4) is 17.2 Å². The van der Waals surface area contributed by atoms with Crippen LogP contribution in [0.5, 0.6) is 17.2 Å². The topological polar surface area (TPSA) is 80.3 Å². The second kappa shape index (κ2) is 10.9. The minimum atomic E-state index is -0.209. The van der Waals surface area contributed by atoms with Gasteiger partial charge in [-0.1, -0.05) is 0 Å². The fourth-order valence-electron chi connectivity index (χ4n) is 3.37. The van der Waals surface area contributed by atoms with E-state index in [1.807, 2.05) is 20.8 Å². The molecule has 0 aromatic heterocycles. The number of carbonyl (C=O) groups excluding carboxylic acids is 2. The van der Waals surface area contributed by atoms with Gasteiger partial charge in [-0.25, -0.2) is 0 Å². The van der Waals surface area contributed by atoms with Crippen LogP contribution < -0.4 is 19.5 Å². The van der Waals surface area contributed by atoms with E-state index in [1.165, 1.54) is 0 Å². The molecule has 2 rings (SSSR count). The molecule has 0 radical (unpaired) electrons. The summed E-state index contributed by atoms with van der Waals surface area (Å²) in [6.45, 7) is 8.28. The highest BCUT2D eigenvalue weighted by Gasteiger charge is 2.27. The lowest BCUT2D eigenvalue weighted by molar-refractivity contribution is -0.130. The van der Waals surface area contributed by atoms with Gasteiger partial charge >= 0.3 is 0 Å². The number of piperazine rings is 1. The lowest BCUT2D eigenvalue weighted by atomic mass is 10.1. The predicted molar refractivity (Wildman–Crippen MR) is 116 cm³/mol. The Morgan fingerprint density at radius 1 is 0.967 bits per heavy atom. The molecule has 8 nitrogen and oxygen atoms in total. The summed E-state index contributed by atoms with van der Waals surface area (Å²) in [7, 11) is 4.65. The highest BCUT2D eigenvalue weighted by atomic mass is 16.5. The van der Waals surface area contributed by atoms with E-state index in [0.717, 1.165) is 5.56 Å². The lowest BCUT2D eigenvalue weighted by Crippen LogP contribution is -2.55. The van der Waals surface area contributed by atoms with Crippen molar-refractivity contribution in [3.05, 3.63) is 23.8 Å². The first-order valence-corrected chi connectivity index (χ1v) is 10.1. The summed E-state index contributed by atoms with van der Waals surface area (Å²) >= 11 is 0. The normalized spacial score (nSPS) is 15.9. The molecule has 0 saturated carbocycles. The summed E-state index contributed by atoms with van der Waals surface area (Å²) in [6.07, 6.45) is 3.28. The third kappa shape index (κ3) is 5.89. The Hall–Kier alpha value is -2.74. The van der Waals surface area contributed by atoms with Crippen LogP contribution in [-0.4, -0.2) is 81.2 Å². The monoisotopic (exact) mass is 419 g/mol. The molecule has 0 unspecified atom stereocenters. The quantitative estimate of drug-likeness (QED) is 0.647. The van der Waals surface area contributed by atoms with Crippen LogP contribution in [0.15, 0.2) is 18.2 Å². The number of hydrogen-bond donors (Lipinski definition) is 1. The zero-order chi connectivity index (χ0) is 22.3. The summed E-state index contributed by atoms with van der Waals surface area (Å²) in [5, 5.41) is 2.94. The largest absolute Gasteiger partial charge is 0.493 e. The molecule has 0 bridgehead atoms. The Morgan fingerprint density at radius 3 is 2.00 bits per heavy atom. The molecule has 1 aromatic carbocycles. The highest BCUT2D eigenvalue weighted by Crippen LogP contribution is 2.38. The smallest absolute Gasteiger partial charge is 0.246 e. The van der Waals surface area contributed by atoms with Gasteiger partial charge in [0, 0.05) is 38.3 Å². The van der Waals surface area contributed by atoms with Crippen LogP contribution in [0.4, 0.5) is 0 Å². The fourth-order valence-corrected chi connectivity index (χ4v) is 3.37. The number of amides is 2. The second-order valence-electron chi connectivity index (χ2n) is 7.49. The molecule has 1 heterocycles. The van der Waals surface area contributed by atoms with Crippen molar-refractivity contribution in [2.75, 3.05) is 47.5 Å². The number of nitrogens with one attached hydrogen (secondary N) is 1. The molecule has 1 atom stereocenters. The highest BCUT2D eigenvalue weighted by molar-refractivity contribution is 5.92. The van der Waals surface area contributed by atoms with Gasteiger partial charge in [0.15, 0.2) is 11.5 Å². The molecule has 1 fully saturated rings. The number of nitrogens with zero attached hydrogens (tertiary/aromatic N) is 2. The lowest BCUT2D eigenvalue weighted by Gasteiger charge is -2.37. The standard InChI is InChI=1S/C22H33N3O5/c1-15(2)23-22(27)16(3)24-9-11-25(12-10-24)20(26)8-7-17-13-18(28-4)21(30-6)19(14-17)29-5/h7-8,13-16H,9-12H2,1-6H3,(H,23,27)/t16-/m0/s1. The van der Waals surface area contributed by atoms with Crippen molar-refractivity contribution in [1.82, 2.24) is 15.1 Å². The number of rotatable bonds is 8. The molecule has 1 aliphatic rings. The van der Waals surface area contributed by atoms with Crippen LogP contribution in [-0.2, 0) is 9.59 Å². The molecule has 1 N–H and O–H groups in total. The van der Waals surface area contributed by atoms with Crippen LogP contribution in [0, 0.1) is 0 Å². The molecular formula is C22H33N3O5. The van der Waals surface area contributed by atoms with E-state index in [-0.39, 0.29) is 23.9 Å². The van der Waals surface area contributed by atoms with Gasteiger partial charge < -0.3 is 24.4 Å². The fraction of sp³-hybridized carbons (Fsp3) is 0.545. The van der Waals surface area contributed by atoms with Crippen molar-refractivity contribution in [2.24, 2.45) is 0 Å². The van der Waals surface area contributed by atoms with Gasteiger partial charge in [-0.15, -0.1) is 0 Å². The maximum Gasteiger partial charge on any atom is 0.246 e. The van der Waals surface area contributed by atoms with Gasteiger partial charge in [-0.05, 0) is 44.5 Å². The SMILES string of the molecule is COc1cc(C=CC(=O)N2CCN([C@@H](C)C(=O)NC(C)C)CC2)cc(OC)c1OC. The number of ether oxygens (including phenoxy) is 3. The Kier molecular flexibility index (Phi) is 8.53. The first-order chi connectivity index (χ1) is 14.3. The minimum Gasteiger partial charge on any atom is -0.493 e. The van der Waals surface area contributed by atoms with Crippen molar-refractivity contribution in [1.29, 1.82) is 0 Å². The van der Waals surface area contributed by atoms with Crippen molar-refractivity contribution < 1.29 is 23.8 Å². The van der Waals surface area contributed by atoms with Gasteiger partial charge in [0.1, 0.15) is 0 Å². The summed E-state index contributed by atoms with van der Waals surface area (Å²) in [5.41, 5.74) is 0.774. The number of hydrogen-bond acceptors (Lipinski definition) is 6. The molecule has 2 amide bonds. The molecule has 30 heavy (non-hydrogen) atoms. The Morgan fingerprint density at radius 2 is 1.53 bits per heavy atom. The van der Waals surface area contributed by atoms with E-state index in [9.17, 15) is 9.59 Å². The van der Waals surface area contributed by atoms with Crippen LogP contribution in [0.3, 0.4) is 0 Å². The summed E-state index contributed by atoms with van der Waals surface area (Å²) in [5.74, 6) is 1.53. The van der Waals surface area contributed by atoms with E-state index in [2.05, 4.69) is 10.2 Å². The van der Waals surface area contributed by atoms with Gasteiger partial charge in [0.25, 0.3) is 0 Å². The van der Waals surface area contributed by atoms with E-state index in [4.69, 9.17) is 14.2 Å². The molecule has 1 aromatic rings. The Bertz CT molecular complexity index is 745. The molecule has 166 valence electrons. The molecule has 1 aliphatic heterocycles. The van der Waals surface area contributed by atoms with Crippen molar-refractivity contribution in [3.63, 3.8) is 0 Å². The van der Waals surface area contributed by atoms with E-state index < -0.39 is 0 Å². The predicted octanol–water partition coefficient (Wildman–Crippen LogP) is 1.78. The second-order valence-corrected chi connectivity index (χ2v) is 7.49. The number of methoxy groups -OCH3 is 3. The van der Waals surface area contributed by atoms with Gasteiger partial charge in [-0.3, -0.25) is 14.5 Å². The number of carbonyl (C=O) groups is 2. The Balaban J connectivity index is 1.98. The zero-order valence-electron chi connectivity index (χ0n) is 18.7. The van der Waals surface area contributed by atoms with E-state index >= 15 is 0 Å². The van der Waals surface area contributed by atoms with Crippen LogP contribution >= 0.6 is 0 Å². The maximum absolute atomic E-state index is 12.6. The van der Waals surface area contributed by atoms with Crippen LogP contribution in [0.2, 0.25) is 0 Å². The van der Waals surface area contributed by atoms with Crippen molar-refractivity contribution >= 4 is 17.9 Å². The first kappa shape index (κ1) is 23.5. The maximum atomic E-state index is 12.6. The molecule has 0 spiro atoms. The van der Waals surface area contributed by atoms with Crippen molar-refractivity contribution in [2.45, 2.75) is 32.9 Å². The average Bonchev–Trinajstić information content (AvgIpc) is 2.75. The minimum absolute atomic E-state index is 0.0204. The molecule has 1 saturated heterocycles. The summed E-state index contributed by atoms with van der Waals surface area (Å²) < 4.78 is 16.0. The van der Waals surface area contributed by atoms with Gasteiger partial charge in [-0.2, -0.15) is 0 Å². The molecule has 8 heteroatoms. The van der Waals surface area contributed by atoms with Crippen LogP contribution in [0.1, 0.15) is 26.3 Å². The summed E-state index contributed by atoms with van der Waals surface area (Å²) in [4.78, 5) is 28.7. The van der Waals surface area contributed by atoms with Gasteiger partial charge in [0.05, 0.1) is 27.4 Å². The first-order valence-electron chi connectivity index (χ1n) is 10.1. The van der Waals surface area contributed by atoms with E-state index in [1.54, 1.807) is 50.5 Å². The van der Waals surface area contributed by atoms with Crippen LogP contribution in [0.25, 0.3) is 6.08 Å². The third-order valence-electron chi connectivity index (χ3n) is 5.09. The average molecular weight is 420 g/mol. The van der Waals surface area contributed by atoms with E-state index in [0.29, 0.717) is 43.4 Å².